The third-order valence-corrected chi connectivity index (χ3v) is 5.04. The summed E-state index contributed by atoms with van der Waals surface area (Å²) in [5.41, 5.74) is 0.781. The molecule has 1 aromatic heterocycles. The van der Waals surface area contributed by atoms with Crippen LogP contribution in [0.4, 0.5) is 4.39 Å². The van der Waals surface area contributed by atoms with E-state index in [4.69, 9.17) is 0 Å². The molecule has 0 radical (unpaired) electrons. The van der Waals surface area contributed by atoms with Crippen LogP contribution in [0.15, 0.2) is 41.8 Å². The quantitative estimate of drug-likeness (QED) is 0.858. The standard InChI is InChI=1S/C18H20FN3O2S/c19-14-4-1-3-13(11-14)15-12-20-8-9-22(15)17(23)6-7-21-18(24)16-5-2-10-25-16/h1-5,10-11,15,20H,6-9,12H2,(H,21,24). The van der Waals surface area contributed by atoms with Gasteiger partial charge in [-0.1, -0.05) is 18.2 Å². The van der Waals surface area contributed by atoms with E-state index in [1.807, 2.05) is 17.5 Å². The third-order valence-electron chi connectivity index (χ3n) is 4.17. The highest BCUT2D eigenvalue weighted by Gasteiger charge is 2.27. The highest BCUT2D eigenvalue weighted by atomic mass is 32.1. The van der Waals surface area contributed by atoms with Gasteiger partial charge in [-0.3, -0.25) is 9.59 Å². The van der Waals surface area contributed by atoms with Gasteiger partial charge in [-0.15, -0.1) is 11.3 Å². The molecule has 1 atom stereocenters. The topological polar surface area (TPSA) is 61.4 Å². The smallest absolute Gasteiger partial charge is 0.261 e. The SMILES string of the molecule is O=C(NCCC(=O)N1CCNCC1c1cccc(F)c1)c1cccs1. The maximum Gasteiger partial charge on any atom is 0.261 e. The minimum atomic E-state index is -0.307. The minimum absolute atomic E-state index is 0.0396. The summed E-state index contributed by atoms with van der Waals surface area (Å²) < 4.78 is 13.5. The maximum atomic E-state index is 13.5. The molecule has 0 spiro atoms. The zero-order valence-electron chi connectivity index (χ0n) is 13.7. The van der Waals surface area contributed by atoms with E-state index in [2.05, 4.69) is 10.6 Å². The van der Waals surface area contributed by atoms with E-state index in [-0.39, 0.29) is 36.6 Å². The Morgan fingerprint density at radius 1 is 1.32 bits per heavy atom. The predicted octanol–water partition coefficient (Wildman–Crippen LogP) is 2.18. The molecule has 1 unspecified atom stereocenters. The van der Waals surface area contributed by atoms with Crippen LogP contribution in [0, 0.1) is 5.82 Å². The highest BCUT2D eigenvalue weighted by Crippen LogP contribution is 2.23. The first-order chi connectivity index (χ1) is 12.1. The van der Waals surface area contributed by atoms with Gasteiger partial charge in [-0.05, 0) is 29.1 Å². The van der Waals surface area contributed by atoms with Crippen LogP contribution in [-0.4, -0.2) is 42.9 Å². The molecule has 2 heterocycles. The van der Waals surface area contributed by atoms with Crippen molar-refractivity contribution in [1.29, 1.82) is 0 Å². The summed E-state index contributed by atoms with van der Waals surface area (Å²) in [6, 6.07) is 9.73. The first-order valence-electron chi connectivity index (χ1n) is 8.22. The number of amides is 2. The van der Waals surface area contributed by atoms with Gasteiger partial charge in [0.05, 0.1) is 10.9 Å². The lowest BCUT2D eigenvalue weighted by Gasteiger charge is -2.36. The Labute approximate surface area is 149 Å². The van der Waals surface area contributed by atoms with Crippen LogP contribution in [0.25, 0.3) is 0 Å². The second kappa shape index (κ2) is 8.22. The Bertz CT molecular complexity index is 736. The lowest BCUT2D eigenvalue weighted by atomic mass is 10.0. The molecule has 0 aliphatic carbocycles. The Balaban J connectivity index is 1.58. The molecule has 0 bridgehead atoms. The average molecular weight is 361 g/mol. The summed E-state index contributed by atoms with van der Waals surface area (Å²) >= 11 is 1.37. The van der Waals surface area contributed by atoms with Crippen LogP contribution in [-0.2, 0) is 4.79 Å². The van der Waals surface area contributed by atoms with Crippen LogP contribution in [0.2, 0.25) is 0 Å². The van der Waals surface area contributed by atoms with Gasteiger partial charge in [0.15, 0.2) is 0 Å². The first-order valence-corrected chi connectivity index (χ1v) is 9.10. The van der Waals surface area contributed by atoms with Crippen LogP contribution in [0.5, 0.6) is 0 Å². The number of nitrogens with zero attached hydrogens (tertiary/aromatic N) is 1. The monoisotopic (exact) mass is 361 g/mol. The molecule has 1 aliphatic heterocycles. The number of benzene rings is 1. The van der Waals surface area contributed by atoms with E-state index >= 15 is 0 Å². The van der Waals surface area contributed by atoms with E-state index in [0.29, 0.717) is 24.5 Å². The van der Waals surface area contributed by atoms with Gasteiger partial charge >= 0.3 is 0 Å². The lowest BCUT2D eigenvalue weighted by Crippen LogP contribution is -2.49. The molecule has 3 rings (SSSR count). The number of carbonyl (C=O) groups is 2. The van der Waals surface area contributed by atoms with Crippen LogP contribution in [0.1, 0.15) is 27.7 Å². The van der Waals surface area contributed by atoms with Crippen molar-refractivity contribution in [2.24, 2.45) is 0 Å². The van der Waals surface area contributed by atoms with Crippen LogP contribution >= 0.6 is 11.3 Å². The van der Waals surface area contributed by atoms with Crippen molar-refractivity contribution in [1.82, 2.24) is 15.5 Å². The van der Waals surface area contributed by atoms with E-state index in [0.717, 1.165) is 5.56 Å². The van der Waals surface area contributed by atoms with Crippen molar-refractivity contribution >= 4 is 23.2 Å². The molecule has 1 saturated heterocycles. The lowest BCUT2D eigenvalue weighted by molar-refractivity contribution is -0.134. The molecule has 5 nitrogen and oxygen atoms in total. The molecule has 0 saturated carbocycles. The summed E-state index contributed by atoms with van der Waals surface area (Å²) in [7, 11) is 0. The molecule has 2 N–H and O–H groups in total. The average Bonchev–Trinajstić information content (AvgIpc) is 3.16. The number of nitrogens with one attached hydrogen (secondary N) is 2. The zero-order chi connectivity index (χ0) is 17.6. The molecule has 1 aliphatic rings. The number of hydrogen-bond acceptors (Lipinski definition) is 4. The molecule has 132 valence electrons. The molecule has 1 fully saturated rings. The molecular weight excluding hydrogens is 341 g/mol. The van der Waals surface area contributed by atoms with E-state index in [1.165, 1.54) is 23.5 Å². The fraction of sp³-hybridized carbons (Fsp3) is 0.333. The number of piperazine rings is 1. The fourth-order valence-electron chi connectivity index (χ4n) is 2.94. The van der Waals surface area contributed by atoms with Crippen molar-refractivity contribution in [2.75, 3.05) is 26.2 Å². The summed E-state index contributed by atoms with van der Waals surface area (Å²) in [5.74, 6) is -0.509. The number of thiophene rings is 1. The van der Waals surface area contributed by atoms with Crippen molar-refractivity contribution in [3.8, 4) is 0 Å². The summed E-state index contributed by atoms with van der Waals surface area (Å²) in [6.07, 6.45) is 0.225. The summed E-state index contributed by atoms with van der Waals surface area (Å²) in [4.78, 5) is 26.9. The van der Waals surface area contributed by atoms with E-state index in [1.54, 1.807) is 17.0 Å². The molecule has 25 heavy (non-hydrogen) atoms. The molecule has 2 amide bonds. The van der Waals surface area contributed by atoms with Gasteiger partial charge in [-0.25, -0.2) is 4.39 Å². The molecule has 7 heteroatoms. The van der Waals surface area contributed by atoms with Crippen molar-refractivity contribution in [2.45, 2.75) is 12.5 Å². The van der Waals surface area contributed by atoms with Crippen molar-refractivity contribution in [3.63, 3.8) is 0 Å². The van der Waals surface area contributed by atoms with Gasteiger partial charge in [0.1, 0.15) is 5.82 Å². The van der Waals surface area contributed by atoms with Gasteiger partial charge in [0, 0.05) is 32.6 Å². The van der Waals surface area contributed by atoms with Gasteiger partial charge < -0.3 is 15.5 Å². The van der Waals surface area contributed by atoms with E-state index in [9.17, 15) is 14.0 Å². The Morgan fingerprint density at radius 3 is 2.96 bits per heavy atom. The largest absolute Gasteiger partial charge is 0.351 e. The van der Waals surface area contributed by atoms with Crippen molar-refractivity contribution < 1.29 is 14.0 Å². The molecule has 1 aromatic carbocycles. The number of rotatable bonds is 5. The number of hydrogen-bond donors (Lipinski definition) is 2. The summed E-state index contributed by atoms with van der Waals surface area (Å²) in [5, 5.41) is 7.85. The second-order valence-corrected chi connectivity index (χ2v) is 6.79. The first kappa shape index (κ1) is 17.6. The highest BCUT2D eigenvalue weighted by molar-refractivity contribution is 7.12. The molecule has 2 aromatic rings. The third kappa shape index (κ3) is 4.43. The van der Waals surface area contributed by atoms with Gasteiger partial charge in [0.25, 0.3) is 5.91 Å². The normalized spacial score (nSPS) is 17.3. The van der Waals surface area contributed by atoms with Gasteiger partial charge in [-0.2, -0.15) is 0 Å². The number of carbonyl (C=O) groups excluding carboxylic acids is 2. The van der Waals surface area contributed by atoms with Gasteiger partial charge in [0.2, 0.25) is 5.91 Å². The fourth-order valence-corrected chi connectivity index (χ4v) is 3.58. The Morgan fingerprint density at radius 2 is 2.20 bits per heavy atom. The Kier molecular flexibility index (Phi) is 5.78. The zero-order valence-corrected chi connectivity index (χ0v) is 14.5. The Hall–Kier alpha value is -2.25. The minimum Gasteiger partial charge on any atom is -0.351 e. The van der Waals surface area contributed by atoms with E-state index < -0.39 is 0 Å². The predicted molar refractivity (Wildman–Crippen MR) is 95.0 cm³/mol. The van der Waals surface area contributed by atoms with Crippen molar-refractivity contribution in [3.05, 3.63) is 58.0 Å². The number of halogens is 1. The van der Waals surface area contributed by atoms with Crippen LogP contribution < -0.4 is 10.6 Å². The van der Waals surface area contributed by atoms with Crippen LogP contribution in [0.3, 0.4) is 0 Å². The molecular formula is C18H20FN3O2S. The maximum absolute atomic E-state index is 13.5. The summed E-state index contributed by atoms with van der Waals surface area (Å²) in [6.45, 7) is 2.16. The second-order valence-electron chi connectivity index (χ2n) is 5.85.